The number of fused-ring (bicyclic) bond motifs is 1. The number of benzene rings is 2. The molecule has 2 aromatic carbocycles. The van der Waals surface area contributed by atoms with Gasteiger partial charge in [-0.1, -0.05) is 35.4 Å². The van der Waals surface area contributed by atoms with E-state index in [1.165, 1.54) is 0 Å². The van der Waals surface area contributed by atoms with Gasteiger partial charge in [0.15, 0.2) is 0 Å². The van der Waals surface area contributed by atoms with Crippen LogP contribution in [0.15, 0.2) is 53.6 Å². The van der Waals surface area contributed by atoms with Crippen LogP contribution in [-0.2, 0) is 12.0 Å². The number of ether oxygens (including phenoxy) is 1. The number of rotatable bonds is 7. The number of nitrogens with two attached hydrogens (primary N) is 1. The Balaban J connectivity index is 2.04. The lowest BCUT2D eigenvalue weighted by Crippen LogP contribution is -2.44. The minimum absolute atomic E-state index is 0.122. The van der Waals surface area contributed by atoms with Gasteiger partial charge in [-0.05, 0) is 41.3 Å². The fourth-order valence-corrected chi connectivity index (χ4v) is 3.15. The van der Waals surface area contributed by atoms with Crippen LogP contribution in [0.5, 0.6) is 5.75 Å². The summed E-state index contributed by atoms with van der Waals surface area (Å²) < 4.78 is 5.60. The average Bonchev–Trinajstić information content (AvgIpc) is 2.91. The van der Waals surface area contributed by atoms with Gasteiger partial charge in [0.1, 0.15) is 12.4 Å². The van der Waals surface area contributed by atoms with Crippen LogP contribution < -0.4 is 15.8 Å². The molecule has 1 unspecified atom stereocenters. The van der Waals surface area contributed by atoms with Crippen molar-refractivity contribution in [3.05, 3.63) is 75.7 Å². The van der Waals surface area contributed by atoms with E-state index in [9.17, 15) is 4.79 Å². The van der Waals surface area contributed by atoms with E-state index >= 15 is 0 Å². The molecule has 0 saturated carbocycles. The van der Waals surface area contributed by atoms with Crippen molar-refractivity contribution in [1.82, 2.24) is 5.32 Å². The van der Waals surface area contributed by atoms with Crippen LogP contribution in [0.25, 0.3) is 10.4 Å². The van der Waals surface area contributed by atoms with Gasteiger partial charge in [0.2, 0.25) is 0 Å². The second-order valence-corrected chi connectivity index (χ2v) is 5.93. The van der Waals surface area contributed by atoms with E-state index in [1.807, 2.05) is 36.4 Å². The summed E-state index contributed by atoms with van der Waals surface area (Å²) in [5.41, 5.74) is 15.9. The van der Waals surface area contributed by atoms with Crippen LogP contribution in [-0.4, -0.2) is 25.6 Å². The van der Waals surface area contributed by atoms with Crippen LogP contribution in [0.2, 0.25) is 0 Å². The zero-order chi connectivity index (χ0) is 17.7. The number of hydrogen-bond acceptors (Lipinski definition) is 4. The molecule has 0 spiro atoms. The minimum Gasteiger partial charge on any atom is -0.492 e. The molecular weight excluding hydrogens is 318 g/mol. The van der Waals surface area contributed by atoms with E-state index in [0.717, 1.165) is 11.1 Å². The number of nitrogens with zero attached hydrogens (tertiary/aromatic N) is 3. The quantitative estimate of drug-likeness (QED) is 0.459. The van der Waals surface area contributed by atoms with Crippen molar-refractivity contribution in [2.24, 2.45) is 10.8 Å². The smallest absolute Gasteiger partial charge is 0.252 e. The van der Waals surface area contributed by atoms with Crippen molar-refractivity contribution in [2.45, 2.75) is 12.0 Å². The van der Waals surface area contributed by atoms with Crippen molar-refractivity contribution in [3.63, 3.8) is 0 Å². The summed E-state index contributed by atoms with van der Waals surface area (Å²) in [5.74, 6) is 0.462. The number of azide groups is 1. The van der Waals surface area contributed by atoms with Gasteiger partial charge in [-0.2, -0.15) is 0 Å². The zero-order valence-corrected chi connectivity index (χ0v) is 13.7. The Morgan fingerprint density at radius 1 is 1.24 bits per heavy atom. The number of carbonyl (C=O) groups is 1. The van der Waals surface area contributed by atoms with E-state index in [1.54, 1.807) is 12.1 Å². The van der Waals surface area contributed by atoms with Crippen molar-refractivity contribution in [3.8, 4) is 5.75 Å². The Morgan fingerprint density at radius 2 is 2.04 bits per heavy atom. The fourth-order valence-electron chi connectivity index (χ4n) is 3.15. The summed E-state index contributed by atoms with van der Waals surface area (Å²) in [7, 11) is 0. The van der Waals surface area contributed by atoms with Gasteiger partial charge in [-0.15, -0.1) is 0 Å². The maximum Gasteiger partial charge on any atom is 0.252 e. The summed E-state index contributed by atoms with van der Waals surface area (Å²) in [5, 5.41) is 6.77. The number of nitrogens with one attached hydrogen (secondary N) is 1. The number of hydrogen-bond donors (Lipinski definition) is 2. The SMILES string of the molecule is [N-]=[N+]=NCC1(Cc2ccccc2)NC(=O)c2ccc(OCCN)cc21. The molecule has 2 aromatic rings. The normalized spacial score (nSPS) is 18.2. The summed E-state index contributed by atoms with van der Waals surface area (Å²) >= 11 is 0. The average molecular weight is 337 g/mol. The van der Waals surface area contributed by atoms with E-state index in [-0.39, 0.29) is 12.5 Å². The fraction of sp³-hybridized carbons (Fsp3) is 0.278. The standard InChI is InChI=1S/C18H19N5O2/c19-8-9-25-14-6-7-15-16(10-14)18(12-21-23-20,22-17(15)24)11-13-4-2-1-3-5-13/h1-7,10H,8-9,11-12,19H2,(H,22,24). The van der Waals surface area contributed by atoms with Gasteiger partial charge in [0, 0.05) is 17.0 Å². The van der Waals surface area contributed by atoms with E-state index < -0.39 is 5.54 Å². The Bertz CT molecular complexity index is 813. The highest BCUT2D eigenvalue weighted by atomic mass is 16.5. The second-order valence-electron chi connectivity index (χ2n) is 5.93. The first kappa shape index (κ1) is 16.8. The molecule has 1 aliphatic rings. The van der Waals surface area contributed by atoms with Gasteiger partial charge in [-0.25, -0.2) is 0 Å². The van der Waals surface area contributed by atoms with Gasteiger partial charge < -0.3 is 15.8 Å². The summed E-state index contributed by atoms with van der Waals surface area (Å²) in [6, 6.07) is 15.1. The molecule has 1 aliphatic heterocycles. The van der Waals surface area contributed by atoms with Crippen LogP contribution in [0.4, 0.5) is 0 Å². The lowest BCUT2D eigenvalue weighted by atomic mass is 9.84. The molecule has 3 rings (SSSR count). The van der Waals surface area contributed by atoms with Crippen LogP contribution in [0, 0.1) is 0 Å². The first-order valence-electron chi connectivity index (χ1n) is 8.03. The molecule has 0 aromatic heterocycles. The third-order valence-electron chi connectivity index (χ3n) is 4.24. The third kappa shape index (κ3) is 3.42. The summed E-state index contributed by atoms with van der Waals surface area (Å²) in [6.45, 7) is 0.918. The highest BCUT2D eigenvalue weighted by molar-refractivity contribution is 6.00. The highest BCUT2D eigenvalue weighted by Crippen LogP contribution is 2.37. The molecule has 7 nitrogen and oxygen atoms in total. The summed E-state index contributed by atoms with van der Waals surface area (Å²) in [6.07, 6.45) is 0.520. The molecule has 1 atom stereocenters. The molecule has 7 heteroatoms. The molecule has 0 radical (unpaired) electrons. The van der Waals surface area contributed by atoms with Crippen molar-refractivity contribution in [1.29, 1.82) is 0 Å². The van der Waals surface area contributed by atoms with Gasteiger partial charge in [0.25, 0.3) is 5.91 Å². The zero-order valence-electron chi connectivity index (χ0n) is 13.7. The first-order chi connectivity index (χ1) is 12.2. The molecule has 1 amide bonds. The van der Waals surface area contributed by atoms with Crippen molar-refractivity contribution >= 4 is 5.91 Å². The minimum atomic E-state index is -0.790. The lowest BCUT2D eigenvalue weighted by molar-refractivity contribution is 0.0931. The Labute approximate surface area is 145 Å². The first-order valence-corrected chi connectivity index (χ1v) is 8.03. The molecular formula is C18H19N5O2. The van der Waals surface area contributed by atoms with Gasteiger partial charge in [-0.3, -0.25) is 4.79 Å². The van der Waals surface area contributed by atoms with Gasteiger partial charge >= 0.3 is 0 Å². The van der Waals surface area contributed by atoms with Gasteiger partial charge in [0.05, 0.1) is 12.1 Å². The van der Waals surface area contributed by atoms with E-state index in [4.69, 9.17) is 16.0 Å². The molecule has 0 bridgehead atoms. The second kappa shape index (κ2) is 7.25. The molecule has 3 N–H and O–H groups in total. The molecule has 0 aliphatic carbocycles. The Morgan fingerprint density at radius 3 is 2.76 bits per heavy atom. The van der Waals surface area contributed by atoms with E-state index in [0.29, 0.717) is 30.9 Å². The molecule has 25 heavy (non-hydrogen) atoms. The number of amides is 1. The lowest BCUT2D eigenvalue weighted by Gasteiger charge is -2.29. The predicted molar refractivity (Wildman–Crippen MR) is 94.3 cm³/mol. The van der Waals surface area contributed by atoms with Crippen molar-refractivity contribution in [2.75, 3.05) is 19.7 Å². The topological polar surface area (TPSA) is 113 Å². The molecule has 128 valence electrons. The maximum atomic E-state index is 12.5. The highest BCUT2D eigenvalue weighted by Gasteiger charge is 2.42. The summed E-state index contributed by atoms with van der Waals surface area (Å²) in [4.78, 5) is 15.3. The molecule has 0 fully saturated rings. The largest absolute Gasteiger partial charge is 0.492 e. The van der Waals surface area contributed by atoms with Crippen LogP contribution in [0.1, 0.15) is 21.5 Å². The molecule has 1 heterocycles. The predicted octanol–water partition coefficient (Wildman–Crippen LogP) is 2.52. The van der Waals surface area contributed by atoms with Crippen LogP contribution >= 0.6 is 0 Å². The Kier molecular flexibility index (Phi) is 4.88. The van der Waals surface area contributed by atoms with E-state index in [2.05, 4.69) is 15.3 Å². The Hall–Kier alpha value is -3.02. The molecule has 0 saturated heterocycles. The number of carbonyl (C=O) groups excluding carboxylic acids is 1. The third-order valence-corrected chi connectivity index (χ3v) is 4.24. The maximum absolute atomic E-state index is 12.5. The monoisotopic (exact) mass is 337 g/mol. The van der Waals surface area contributed by atoms with Crippen molar-refractivity contribution < 1.29 is 9.53 Å². The van der Waals surface area contributed by atoms with Crippen LogP contribution in [0.3, 0.4) is 0 Å².